The molecule has 0 fully saturated rings. The first-order valence-electron chi connectivity index (χ1n) is 5.39. The fourth-order valence-electron chi connectivity index (χ4n) is 1.26. The molecule has 84 valence electrons. The third kappa shape index (κ3) is 4.25. The topological polar surface area (TPSA) is 58.0 Å². The lowest BCUT2D eigenvalue weighted by Crippen LogP contribution is -2.05. The molecule has 0 aliphatic rings. The van der Waals surface area contributed by atoms with Crippen LogP contribution in [0.5, 0.6) is 0 Å². The first-order chi connectivity index (χ1) is 7.24. The Bertz CT molecular complexity index is 302. The van der Waals surface area contributed by atoms with Crippen molar-refractivity contribution in [2.75, 3.05) is 18.5 Å². The molecule has 1 aromatic heterocycles. The van der Waals surface area contributed by atoms with E-state index < -0.39 is 0 Å². The second-order valence-corrected chi connectivity index (χ2v) is 3.64. The highest BCUT2D eigenvalue weighted by Crippen LogP contribution is 2.05. The standard InChI is InChI=1S/C11H19N3O/c1-9-10(2)14-11(8-13-9)12-6-4-3-5-7-15/h8,15H,3-7H2,1-2H3,(H,12,14). The summed E-state index contributed by atoms with van der Waals surface area (Å²) in [6.45, 7) is 5.08. The zero-order valence-corrected chi connectivity index (χ0v) is 9.45. The molecule has 1 aromatic rings. The maximum absolute atomic E-state index is 8.61. The molecule has 0 unspecified atom stereocenters. The molecule has 0 aromatic carbocycles. The van der Waals surface area contributed by atoms with Crippen molar-refractivity contribution < 1.29 is 5.11 Å². The smallest absolute Gasteiger partial charge is 0.144 e. The van der Waals surface area contributed by atoms with Gasteiger partial charge in [-0.3, -0.25) is 4.98 Å². The van der Waals surface area contributed by atoms with E-state index in [2.05, 4.69) is 15.3 Å². The number of aromatic nitrogens is 2. The summed E-state index contributed by atoms with van der Waals surface area (Å²) in [7, 11) is 0. The summed E-state index contributed by atoms with van der Waals surface area (Å²) in [5, 5.41) is 11.8. The van der Waals surface area contributed by atoms with Gasteiger partial charge in [-0.05, 0) is 33.1 Å². The predicted molar refractivity (Wildman–Crippen MR) is 60.9 cm³/mol. The maximum Gasteiger partial charge on any atom is 0.144 e. The zero-order valence-electron chi connectivity index (χ0n) is 9.45. The van der Waals surface area contributed by atoms with E-state index in [0.29, 0.717) is 0 Å². The number of unbranched alkanes of at least 4 members (excludes halogenated alkanes) is 2. The van der Waals surface area contributed by atoms with Crippen LogP contribution in [0, 0.1) is 13.8 Å². The molecule has 1 heterocycles. The number of aliphatic hydroxyl groups is 1. The average Bonchev–Trinajstić information content (AvgIpc) is 2.23. The van der Waals surface area contributed by atoms with E-state index in [1.54, 1.807) is 6.20 Å². The Morgan fingerprint density at radius 1 is 1.20 bits per heavy atom. The van der Waals surface area contributed by atoms with E-state index in [4.69, 9.17) is 5.11 Å². The molecule has 0 atom stereocenters. The van der Waals surface area contributed by atoms with Gasteiger partial charge in [0.25, 0.3) is 0 Å². The van der Waals surface area contributed by atoms with Crippen LogP contribution in [-0.2, 0) is 0 Å². The van der Waals surface area contributed by atoms with Gasteiger partial charge in [-0.15, -0.1) is 0 Å². The summed E-state index contributed by atoms with van der Waals surface area (Å²) in [6.07, 6.45) is 4.73. The van der Waals surface area contributed by atoms with Crippen LogP contribution >= 0.6 is 0 Å². The Morgan fingerprint density at radius 2 is 2.00 bits per heavy atom. The molecule has 2 N–H and O–H groups in total. The van der Waals surface area contributed by atoms with E-state index in [1.807, 2.05) is 13.8 Å². The molecule has 15 heavy (non-hydrogen) atoms. The molecule has 0 saturated heterocycles. The van der Waals surface area contributed by atoms with Crippen molar-refractivity contribution in [2.24, 2.45) is 0 Å². The zero-order chi connectivity index (χ0) is 11.1. The van der Waals surface area contributed by atoms with Crippen molar-refractivity contribution in [3.8, 4) is 0 Å². The SMILES string of the molecule is Cc1ncc(NCCCCCO)nc1C. The molecule has 0 aliphatic carbocycles. The van der Waals surface area contributed by atoms with Gasteiger partial charge < -0.3 is 10.4 Å². The first-order valence-corrected chi connectivity index (χ1v) is 5.39. The number of rotatable bonds is 6. The Labute approximate surface area is 90.8 Å². The third-order valence-electron chi connectivity index (χ3n) is 2.33. The van der Waals surface area contributed by atoms with Gasteiger partial charge in [0, 0.05) is 13.2 Å². The van der Waals surface area contributed by atoms with Crippen LogP contribution in [0.25, 0.3) is 0 Å². The van der Waals surface area contributed by atoms with E-state index in [1.165, 1.54) is 0 Å². The van der Waals surface area contributed by atoms with Crippen LogP contribution in [0.2, 0.25) is 0 Å². The van der Waals surface area contributed by atoms with Crippen molar-refractivity contribution in [3.05, 3.63) is 17.6 Å². The lowest BCUT2D eigenvalue weighted by molar-refractivity contribution is 0.283. The van der Waals surface area contributed by atoms with Crippen molar-refractivity contribution in [2.45, 2.75) is 33.1 Å². The number of anilines is 1. The Hall–Kier alpha value is -1.16. The minimum atomic E-state index is 0.281. The molecule has 0 bridgehead atoms. The number of nitrogens with zero attached hydrogens (tertiary/aromatic N) is 2. The van der Waals surface area contributed by atoms with Gasteiger partial charge >= 0.3 is 0 Å². The quantitative estimate of drug-likeness (QED) is 0.700. The molecular weight excluding hydrogens is 190 g/mol. The number of nitrogens with one attached hydrogen (secondary N) is 1. The minimum absolute atomic E-state index is 0.281. The maximum atomic E-state index is 8.61. The van der Waals surface area contributed by atoms with E-state index in [0.717, 1.165) is 43.0 Å². The summed E-state index contributed by atoms with van der Waals surface area (Å²) in [4.78, 5) is 8.60. The van der Waals surface area contributed by atoms with Crippen LogP contribution in [0.15, 0.2) is 6.20 Å². The fourth-order valence-corrected chi connectivity index (χ4v) is 1.26. The van der Waals surface area contributed by atoms with Crippen LogP contribution in [0.1, 0.15) is 30.7 Å². The van der Waals surface area contributed by atoms with Crippen LogP contribution in [0.3, 0.4) is 0 Å². The van der Waals surface area contributed by atoms with Crippen LogP contribution in [0.4, 0.5) is 5.82 Å². The summed E-state index contributed by atoms with van der Waals surface area (Å²) >= 11 is 0. The molecule has 1 rings (SSSR count). The van der Waals surface area contributed by atoms with Gasteiger partial charge in [-0.2, -0.15) is 0 Å². The van der Waals surface area contributed by atoms with Gasteiger partial charge in [0.05, 0.1) is 17.6 Å². The summed E-state index contributed by atoms with van der Waals surface area (Å²) in [5.74, 6) is 0.835. The van der Waals surface area contributed by atoms with Gasteiger partial charge in [0.15, 0.2) is 0 Å². The molecule has 4 nitrogen and oxygen atoms in total. The molecule has 4 heteroatoms. The number of hydrogen-bond acceptors (Lipinski definition) is 4. The molecule has 0 radical (unpaired) electrons. The van der Waals surface area contributed by atoms with E-state index in [9.17, 15) is 0 Å². The van der Waals surface area contributed by atoms with Crippen molar-refractivity contribution >= 4 is 5.82 Å². The summed E-state index contributed by atoms with van der Waals surface area (Å²) in [5.41, 5.74) is 1.94. The molecule has 0 saturated carbocycles. The van der Waals surface area contributed by atoms with E-state index >= 15 is 0 Å². The molecule has 0 amide bonds. The fraction of sp³-hybridized carbons (Fsp3) is 0.636. The van der Waals surface area contributed by atoms with Crippen molar-refractivity contribution in [3.63, 3.8) is 0 Å². The minimum Gasteiger partial charge on any atom is -0.396 e. The van der Waals surface area contributed by atoms with Gasteiger partial charge in [0.2, 0.25) is 0 Å². The lowest BCUT2D eigenvalue weighted by atomic mass is 10.2. The third-order valence-corrected chi connectivity index (χ3v) is 2.33. The predicted octanol–water partition coefficient (Wildman–Crippen LogP) is 1.67. The number of aryl methyl sites for hydroxylation is 2. The Kier molecular flexibility index (Phi) is 5.04. The van der Waals surface area contributed by atoms with Crippen LogP contribution in [-0.4, -0.2) is 28.2 Å². The highest BCUT2D eigenvalue weighted by molar-refractivity contribution is 5.32. The molecular formula is C11H19N3O. The largest absolute Gasteiger partial charge is 0.396 e. The number of aliphatic hydroxyl groups excluding tert-OH is 1. The Morgan fingerprint density at radius 3 is 2.67 bits per heavy atom. The molecule has 0 spiro atoms. The van der Waals surface area contributed by atoms with Gasteiger partial charge in [0.1, 0.15) is 5.82 Å². The summed E-state index contributed by atoms with van der Waals surface area (Å²) in [6, 6.07) is 0. The molecule has 0 aliphatic heterocycles. The second-order valence-electron chi connectivity index (χ2n) is 3.64. The van der Waals surface area contributed by atoms with Crippen LogP contribution < -0.4 is 5.32 Å². The monoisotopic (exact) mass is 209 g/mol. The Balaban J connectivity index is 2.28. The normalized spacial score (nSPS) is 10.3. The van der Waals surface area contributed by atoms with Crippen molar-refractivity contribution in [1.82, 2.24) is 9.97 Å². The first kappa shape index (κ1) is 11.9. The lowest BCUT2D eigenvalue weighted by Gasteiger charge is -2.06. The van der Waals surface area contributed by atoms with Gasteiger partial charge in [-0.1, -0.05) is 0 Å². The highest BCUT2D eigenvalue weighted by atomic mass is 16.2. The number of hydrogen-bond donors (Lipinski definition) is 2. The average molecular weight is 209 g/mol. The highest BCUT2D eigenvalue weighted by Gasteiger charge is 1.98. The van der Waals surface area contributed by atoms with Crippen molar-refractivity contribution in [1.29, 1.82) is 0 Å². The van der Waals surface area contributed by atoms with E-state index in [-0.39, 0.29) is 6.61 Å². The summed E-state index contributed by atoms with van der Waals surface area (Å²) < 4.78 is 0. The van der Waals surface area contributed by atoms with Gasteiger partial charge in [-0.25, -0.2) is 4.98 Å². The second kappa shape index (κ2) is 6.35.